The molecular formula is C22H15BrCl2N4O. The number of nitrogens with one attached hydrogen (secondary N) is 1. The number of halogens is 3. The molecule has 4 rings (SSSR count). The molecule has 0 radical (unpaired) electrons. The normalized spacial score (nSPS) is 10.8. The van der Waals surface area contributed by atoms with Crippen LogP contribution < -0.4 is 5.32 Å². The fraction of sp³-hybridized carbons (Fsp3) is 0.0455. The van der Waals surface area contributed by atoms with Crippen molar-refractivity contribution in [2.45, 2.75) is 6.92 Å². The monoisotopic (exact) mass is 500 g/mol. The molecule has 1 heterocycles. The van der Waals surface area contributed by atoms with Crippen molar-refractivity contribution in [2.24, 2.45) is 0 Å². The number of amides is 1. The zero-order valence-corrected chi connectivity index (χ0v) is 18.8. The summed E-state index contributed by atoms with van der Waals surface area (Å²) in [6.07, 6.45) is 0. The molecule has 0 aliphatic rings. The lowest BCUT2D eigenvalue weighted by molar-refractivity contribution is 0.101. The molecule has 150 valence electrons. The second-order valence-electron chi connectivity index (χ2n) is 6.55. The number of rotatable bonds is 4. The molecule has 0 aliphatic carbocycles. The number of hydrogen-bond acceptors (Lipinski definition) is 3. The van der Waals surface area contributed by atoms with E-state index in [0.29, 0.717) is 27.2 Å². The van der Waals surface area contributed by atoms with E-state index in [9.17, 15) is 4.79 Å². The molecule has 30 heavy (non-hydrogen) atoms. The third-order valence-electron chi connectivity index (χ3n) is 4.45. The Balaban J connectivity index is 1.79. The summed E-state index contributed by atoms with van der Waals surface area (Å²) in [6.45, 7) is 1.92. The van der Waals surface area contributed by atoms with Gasteiger partial charge in [0.05, 0.1) is 15.7 Å². The van der Waals surface area contributed by atoms with E-state index in [1.54, 1.807) is 22.9 Å². The average molecular weight is 502 g/mol. The summed E-state index contributed by atoms with van der Waals surface area (Å²) in [7, 11) is 0. The number of hydrogen-bond donors (Lipinski definition) is 1. The summed E-state index contributed by atoms with van der Waals surface area (Å²) in [5.41, 5.74) is 3.10. The van der Waals surface area contributed by atoms with Crippen molar-refractivity contribution in [2.75, 3.05) is 5.32 Å². The predicted octanol–water partition coefficient (Wildman–Crippen LogP) is 6.56. The Hall–Kier alpha value is -2.67. The highest BCUT2D eigenvalue weighted by atomic mass is 79.9. The number of benzene rings is 3. The van der Waals surface area contributed by atoms with Crippen LogP contribution in [0.4, 0.5) is 5.69 Å². The van der Waals surface area contributed by atoms with Crippen LogP contribution in [0.2, 0.25) is 10.0 Å². The molecule has 0 aliphatic heterocycles. The fourth-order valence-electron chi connectivity index (χ4n) is 2.88. The number of nitrogens with zero attached hydrogens (tertiary/aromatic N) is 3. The number of carbonyl (C=O) groups is 1. The highest BCUT2D eigenvalue weighted by molar-refractivity contribution is 9.10. The summed E-state index contributed by atoms with van der Waals surface area (Å²) >= 11 is 15.7. The van der Waals surface area contributed by atoms with E-state index in [4.69, 9.17) is 23.2 Å². The first-order valence-electron chi connectivity index (χ1n) is 8.98. The molecule has 8 heteroatoms. The average Bonchev–Trinajstić information content (AvgIpc) is 3.18. The van der Waals surface area contributed by atoms with Crippen LogP contribution in [0.1, 0.15) is 16.2 Å². The summed E-state index contributed by atoms with van der Waals surface area (Å²) in [4.78, 5) is 17.4. The van der Waals surface area contributed by atoms with Gasteiger partial charge in [0.2, 0.25) is 5.82 Å². The minimum Gasteiger partial charge on any atom is -0.319 e. The van der Waals surface area contributed by atoms with Gasteiger partial charge in [-0.25, -0.2) is 9.67 Å². The first-order chi connectivity index (χ1) is 14.4. The lowest BCUT2D eigenvalue weighted by Crippen LogP contribution is -2.15. The van der Waals surface area contributed by atoms with Crippen LogP contribution in [0.5, 0.6) is 0 Å². The molecule has 5 nitrogen and oxygen atoms in total. The van der Waals surface area contributed by atoms with Crippen LogP contribution in [0.25, 0.3) is 17.1 Å². The molecule has 0 unspecified atom stereocenters. The van der Waals surface area contributed by atoms with Crippen molar-refractivity contribution >= 4 is 50.7 Å². The van der Waals surface area contributed by atoms with Crippen molar-refractivity contribution in [3.8, 4) is 17.1 Å². The zero-order valence-electron chi connectivity index (χ0n) is 15.7. The number of aromatic nitrogens is 3. The van der Waals surface area contributed by atoms with Gasteiger partial charge in [-0.1, -0.05) is 69.5 Å². The molecular weight excluding hydrogens is 487 g/mol. The van der Waals surface area contributed by atoms with Crippen LogP contribution in [0.15, 0.2) is 71.2 Å². The Bertz CT molecular complexity index is 1240. The van der Waals surface area contributed by atoms with Crippen molar-refractivity contribution in [1.29, 1.82) is 0 Å². The van der Waals surface area contributed by atoms with E-state index >= 15 is 0 Å². The lowest BCUT2D eigenvalue weighted by Gasteiger charge is -2.07. The Kier molecular flexibility index (Phi) is 5.90. The molecule has 0 atom stereocenters. The van der Waals surface area contributed by atoms with E-state index in [2.05, 4.69) is 31.3 Å². The van der Waals surface area contributed by atoms with Gasteiger partial charge in [0.25, 0.3) is 5.91 Å². The van der Waals surface area contributed by atoms with Crippen LogP contribution >= 0.6 is 39.1 Å². The van der Waals surface area contributed by atoms with Gasteiger partial charge in [0.15, 0.2) is 5.82 Å². The summed E-state index contributed by atoms with van der Waals surface area (Å²) in [6, 6.07) is 20.2. The quantitative estimate of drug-likeness (QED) is 0.344. The zero-order chi connectivity index (χ0) is 21.3. The third-order valence-corrected chi connectivity index (χ3v) is 5.72. The first-order valence-corrected chi connectivity index (χ1v) is 10.5. The topological polar surface area (TPSA) is 59.8 Å². The smallest absolute Gasteiger partial charge is 0.295 e. The standard InChI is InChI=1S/C22H15BrCl2N4O/c1-13-4-2-3-5-19(13)26-22(30)20-27-21(14-6-8-15(23)9-7-14)29(28-20)16-10-11-17(24)18(25)12-16/h2-12H,1H3,(H,26,30). The highest BCUT2D eigenvalue weighted by Crippen LogP contribution is 2.28. The second kappa shape index (κ2) is 8.60. The van der Waals surface area contributed by atoms with E-state index in [1.807, 2.05) is 55.5 Å². The number of aryl methyl sites for hydroxylation is 1. The van der Waals surface area contributed by atoms with Crippen LogP contribution in [0, 0.1) is 6.92 Å². The van der Waals surface area contributed by atoms with E-state index in [1.165, 1.54) is 0 Å². The van der Waals surface area contributed by atoms with E-state index < -0.39 is 5.91 Å². The van der Waals surface area contributed by atoms with Crippen LogP contribution in [-0.2, 0) is 0 Å². The predicted molar refractivity (Wildman–Crippen MR) is 124 cm³/mol. The molecule has 1 amide bonds. The molecule has 1 N–H and O–H groups in total. The van der Waals surface area contributed by atoms with Crippen LogP contribution in [0.3, 0.4) is 0 Å². The maximum absolute atomic E-state index is 12.9. The van der Waals surface area contributed by atoms with Gasteiger partial charge in [-0.3, -0.25) is 4.79 Å². The maximum Gasteiger partial charge on any atom is 0.295 e. The molecule has 3 aromatic carbocycles. The molecule has 1 aromatic heterocycles. The Morgan fingerprint density at radius 2 is 1.73 bits per heavy atom. The molecule has 0 saturated heterocycles. The van der Waals surface area contributed by atoms with Crippen molar-refractivity contribution < 1.29 is 4.79 Å². The minimum absolute atomic E-state index is 0.0437. The second-order valence-corrected chi connectivity index (χ2v) is 8.28. The third kappa shape index (κ3) is 4.26. The fourth-order valence-corrected chi connectivity index (χ4v) is 3.44. The first kappa shape index (κ1) is 20.6. The minimum atomic E-state index is -0.401. The van der Waals surface area contributed by atoms with Gasteiger partial charge in [-0.05, 0) is 48.9 Å². The Labute approximate surface area is 191 Å². The van der Waals surface area contributed by atoms with Crippen molar-refractivity contribution in [3.63, 3.8) is 0 Å². The highest BCUT2D eigenvalue weighted by Gasteiger charge is 2.20. The summed E-state index contributed by atoms with van der Waals surface area (Å²) in [5.74, 6) is 0.152. The lowest BCUT2D eigenvalue weighted by atomic mass is 10.2. The largest absolute Gasteiger partial charge is 0.319 e. The molecule has 0 spiro atoms. The van der Waals surface area contributed by atoms with Crippen LogP contribution in [-0.4, -0.2) is 20.7 Å². The number of para-hydroxylation sites is 1. The SMILES string of the molecule is Cc1ccccc1NC(=O)c1nc(-c2ccc(Br)cc2)n(-c2ccc(Cl)c(Cl)c2)n1. The van der Waals surface area contributed by atoms with Gasteiger partial charge < -0.3 is 5.32 Å². The van der Waals surface area contributed by atoms with Gasteiger partial charge in [0.1, 0.15) is 0 Å². The molecule has 0 bridgehead atoms. The number of carbonyl (C=O) groups excluding carboxylic acids is 1. The number of anilines is 1. The maximum atomic E-state index is 12.9. The Morgan fingerprint density at radius 3 is 2.43 bits per heavy atom. The molecule has 0 saturated carbocycles. The Morgan fingerprint density at radius 1 is 1.00 bits per heavy atom. The summed E-state index contributed by atoms with van der Waals surface area (Å²) in [5, 5.41) is 8.14. The van der Waals surface area contributed by atoms with Gasteiger partial charge in [0, 0.05) is 15.7 Å². The van der Waals surface area contributed by atoms with Gasteiger partial charge in [-0.15, -0.1) is 5.10 Å². The summed E-state index contributed by atoms with van der Waals surface area (Å²) < 4.78 is 2.52. The van der Waals surface area contributed by atoms with Crippen molar-refractivity contribution in [3.05, 3.63) is 92.6 Å². The van der Waals surface area contributed by atoms with Gasteiger partial charge >= 0.3 is 0 Å². The van der Waals surface area contributed by atoms with E-state index in [-0.39, 0.29) is 5.82 Å². The molecule has 4 aromatic rings. The molecule has 0 fully saturated rings. The van der Waals surface area contributed by atoms with E-state index in [0.717, 1.165) is 15.6 Å². The van der Waals surface area contributed by atoms with Crippen molar-refractivity contribution in [1.82, 2.24) is 14.8 Å². The van der Waals surface area contributed by atoms with Gasteiger partial charge in [-0.2, -0.15) is 0 Å².